The molecule has 5 heteroatoms. The summed E-state index contributed by atoms with van der Waals surface area (Å²) in [4.78, 5) is 27.1. The number of fused-ring (bicyclic) bond motifs is 1. The molecule has 3 heterocycles. The molecule has 5 nitrogen and oxygen atoms in total. The van der Waals surface area contributed by atoms with Crippen LogP contribution in [-0.2, 0) is 4.79 Å². The lowest BCUT2D eigenvalue weighted by Crippen LogP contribution is -2.49. The summed E-state index contributed by atoms with van der Waals surface area (Å²) in [6, 6.07) is 6.71. The van der Waals surface area contributed by atoms with Crippen molar-refractivity contribution >= 4 is 22.8 Å². The average molecular weight is 367 g/mol. The molecule has 0 bridgehead atoms. The normalized spacial score (nSPS) is 23.7. The van der Waals surface area contributed by atoms with Gasteiger partial charge >= 0.3 is 0 Å². The van der Waals surface area contributed by atoms with Gasteiger partial charge in [-0.05, 0) is 64.5 Å². The number of carbonyl (C=O) groups excluding carboxylic acids is 1. The van der Waals surface area contributed by atoms with Crippen molar-refractivity contribution in [1.29, 1.82) is 0 Å². The molecule has 144 valence electrons. The lowest BCUT2D eigenvalue weighted by atomic mass is 9.94. The van der Waals surface area contributed by atoms with Crippen molar-refractivity contribution in [3.63, 3.8) is 0 Å². The van der Waals surface area contributed by atoms with Gasteiger partial charge in [0, 0.05) is 31.1 Å². The van der Waals surface area contributed by atoms with Crippen molar-refractivity contribution in [3.8, 4) is 0 Å². The van der Waals surface area contributed by atoms with E-state index in [1.165, 1.54) is 12.0 Å². The van der Waals surface area contributed by atoms with Crippen LogP contribution < -0.4 is 4.90 Å². The van der Waals surface area contributed by atoms with Gasteiger partial charge in [-0.25, -0.2) is 9.97 Å². The summed E-state index contributed by atoms with van der Waals surface area (Å²) in [6.07, 6.45) is 5.51. The number of amides is 1. The molecule has 27 heavy (non-hydrogen) atoms. The van der Waals surface area contributed by atoms with Gasteiger partial charge in [-0.1, -0.05) is 12.1 Å². The van der Waals surface area contributed by atoms with Crippen LogP contribution in [0.15, 0.2) is 18.2 Å². The Morgan fingerprint density at radius 2 is 1.93 bits per heavy atom. The Morgan fingerprint density at radius 3 is 2.74 bits per heavy atom. The van der Waals surface area contributed by atoms with E-state index in [2.05, 4.69) is 41.8 Å². The van der Waals surface area contributed by atoms with E-state index in [1.54, 1.807) is 0 Å². The minimum Gasteiger partial charge on any atom is -0.340 e. The maximum Gasteiger partial charge on any atom is 0.227 e. The molecule has 2 fully saturated rings. The van der Waals surface area contributed by atoms with Crippen LogP contribution in [0.25, 0.3) is 10.9 Å². The molecule has 0 spiro atoms. The lowest BCUT2D eigenvalue weighted by Gasteiger charge is -2.39. The van der Waals surface area contributed by atoms with Crippen molar-refractivity contribution in [3.05, 3.63) is 29.5 Å². The number of carbonyl (C=O) groups is 1. The third-order valence-corrected chi connectivity index (χ3v) is 6.17. The summed E-state index contributed by atoms with van der Waals surface area (Å²) in [5.41, 5.74) is 3.21. The summed E-state index contributed by atoms with van der Waals surface area (Å²) in [5.74, 6) is 1.17. The fraction of sp³-hybridized carbons (Fsp3) is 0.591. The monoisotopic (exact) mass is 366 g/mol. The van der Waals surface area contributed by atoms with E-state index >= 15 is 0 Å². The van der Waals surface area contributed by atoms with Crippen LogP contribution in [0.3, 0.4) is 0 Å². The van der Waals surface area contributed by atoms with Crippen LogP contribution in [-0.4, -0.2) is 46.5 Å². The third-order valence-electron chi connectivity index (χ3n) is 6.17. The second-order valence-corrected chi connectivity index (χ2v) is 8.29. The van der Waals surface area contributed by atoms with E-state index in [-0.39, 0.29) is 5.92 Å². The molecule has 0 aliphatic carbocycles. The highest BCUT2D eigenvalue weighted by molar-refractivity contribution is 5.83. The summed E-state index contributed by atoms with van der Waals surface area (Å²) in [5, 5.41) is 1.11. The maximum absolute atomic E-state index is 13.1. The van der Waals surface area contributed by atoms with Crippen molar-refractivity contribution in [2.24, 2.45) is 5.92 Å². The Balaban J connectivity index is 1.56. The molecule has 2 saturated heterocycles. The Labute approximate surface area is 161 Å². The highest BCUT2D eigenvalue weighted by atomic mass is 16.2. The average Bonchev–Trinajstić information content (AvgIpc) is 2.67. The first-order valence-corrected chi connectivity index (χ1v) is 10.3. The fourth-order valence-electron chi connectivity index (χ4n) is 4.54. The topological polar surface area (TPSA) is 49.3 Å². The second-order valence-electron chi connectivity index (χ2n) is 8.29. The first-order chi connectivity index (χ1) is 13.0. The number of benzene rings is 1. The summed E-state index contributed by atoms with van der Waals surface area (Å²) >= 11 is 0. The Kier molecular flexibility index (Phi) is 5.02. The zero-order valence-electron chi connectivity index (χ0n) is 16.7. The minimum absolute atomic E-state index is 0.0661. The molecule has 2 aliphatic rings. The van der Waals surface area contributed by atoms with Crippen LogP contribution in [0, 0.1) is 19.8 Å². The number of hydrogen-bond acceptors (Lipinski definition) is 4. The number of hydrogen-bond donors (Lipinski definition) is 0. The van der Waals surface area contributed by atoms with Gasteiger partial charge in [-0.15, -0.1) is 0 Å². The molecule has 0 radical (unpaired) electrons. The Morgan fingerprint density at radius 1 is 1.07 bits per heavy atom. The number of likely N-dealkylation sites (tertiary alicyclic amines) is 1. The predicted molar refractivity (Wildman–Crippen MR) is 109 cm³/mol. The molecular formula is C22H30N4O. The summed E-state index contributed by atoms with van der Waals surface area (Å²) in [7, 11) is 0. The standard InChI is InChI=1S/C22H30N4O/c1-15-9-10-19-17(3)23-22(24-20(19)13-15)25-11-6-8-18(14-25)21(27)26-12-5-4-7-16(26)2/h9-10,13,16,18H,4-8,11-12,14H2,1-3H3. The van der Waals surface area contributed by atoms with Gasteiger partial charge in [0.15, 0.2) is 0 Å². The van der Waals surface area contributed by atoms with E-state index in [1.807, 2.05) is 6.92 Å². The molecule has 2 aromatic rings. The molecule has 1 aromatic heterocycles. The number of rotatable bonds is 2. The molecule has 0 N–H and O–H groups in total. The van der Waals surface area contributed by atoms with E-state index in [0.29, 0.717) is 11.9 Å². The highest BCUT2D eigenvalue weighted by Crippen LogP contribution is 2.27. The summed E-state index contributed by atoms with van der Waals surface area (Å²) in [6.45, 7) is 8.91. The van der Waals surface area contributed by atoms with Crippen molar-refractivity contribution < 1.29 is 4.79 Å². The molecule has 2 aliphatic heterocycles. The maximum atomic E-state index is 13.1. The predicted octanol–water partition coefficient (Wildman–Crippen LogP) is 3.86. The molecule has 4 rings (SSSR count). The number of aryl methyl sites for hydroxylation is 2. The number of piperidine rings is 2. The van der Waals surface area contributed by atoms with Gasteiger partial charge in [0.1, 0.15) is 0 Å². The van der Waals surface area contributed by atoms with Crippen LogP contribution in [0.1, 0.15) is 50.3 Å². The molecular weight excluding hydrogens is 336 g/mol. The first-order valence-electron chi connectivity index (χ1n) is 10.3. The summed E-state index contributed by atoms with van der Waals surface area (Å²) < 4.78 is 0. The number of anilines is 1. The van der Waals surface area contributed by atoms with Crippen LogP contribution >= 0.6 is 0 Å². The van der Waals surface area contributed by atoms with Crippen molar-refractivity contribution in [2.45, 2.75) is 58.9 Å². The molecule has 2 atom stereocenters. The van der Waals surface area contributed by atoms with Gasteiger partial charge in [0.25, 0.3) is 0 Å². The fourth-order valence-corrected chi connectivity index (χ4v) is 4.54. The van der Waals surface area contributed by atoms with Crippen LogP contribution in [0.4, 0.5) is 5.95 Å². The largest absolute Gasteiger partial charge is 0.340 e. The second kappa shape index (κ2) is 7.45. The zero-order chi connectivity index (χ0) is 19.0. The van der Waals surface area contributed by atoms with Gasteiger partial charge in [-0.2, -0.15) is 0 Å². The van der Waals surface area contributed by atoms with E-state index < -0.39 is 0 Å². The molecule has 1 amide bonds. The smallest absolute Gasteiger partial charge is 0.227 e. The lowest BCUT2D eigenvalue weighted by molar-refractivity contribution is -0.139. The number of aromatic nitrogens is 2. The Hall–Kier alpha value is -2.17. The van der Waals surface area contributed by atoms with Crippen molar-refractivity contribution in [2.75, 3.05) is 24.5 Å². The van der Waals surface area contributed by atoms with Gasteiger partial charge in [-0.3, -0.25) is 4.79 Å². The van der Waals surface area contributed by atoms with E-state index in [9.17, 15) is 4.79 Å². The first kappa shape index (κ1) is 18.2. The minimum atomic E-state index is 0.0661. The van der Waals surface area contributed by atoms with E-state index in [0.717, 1.165) is 67.9 Å². The quantitative estimate of drug-likeness (QED) is 0.810. The SMILES string of the molecule is Cc1ccc2c(C)nc(N3CCCC(C(=O)N4CCCCC4C)C3)nc2c1. The Bertz CT molecular complexity index is 850. The van der Waals surface area contributed by atoms with Crippen LogP contribution in [0.2, 0.25) is 0 Å². The number of nitrogens with zero attached hydrogens (tertiary/aromatic N) is 4. The van der Waals surface area contributed by atoms with Crippen molar-refractivity contribution in [1.82, 2.24) is 14.9 Å². The van der Waals surface area contributed by atoms with Gasteiger partial charge in [0.2, 0.25) is 11.9 Å². The molecule has 1 aromatic carbocycles. The zero-order valence-corrected chi connectivity index (χ0v) is 16.7. The van der Waals surface area contributed by atoms with Crippen LogP contribution in [0.5, 0.6) is 0 Å². The molecule has 0 saturated carbocycles. The van der Waals surface area contributed by atoms with E-state index in [4.69, 9.17) is 9.97 Å². The highest BCUT2D eigenvalue weighted by Gasteiger charge is 2.33. The van der Waals surface area contributed by atoms with Gasteiger partial charge < -0.3 is 9.80 Å². The molecule has 2 unspecified atom stereocenters. The van der Waals surface area contributed by atoms with Gasteiger partial charge in [0.05, 0.1) is 17.1 Å². The third kappa shape index (κ3) is 3.64.